The number of hydrogen-bond acceptors (Lipinski definition) is 4. The molecule has 1 heterocycles. The third kappa shape index (κ3) is 5.47. The smallest absolute Gasteiger partial charge is 0.410 e. The number of hydrogen-bond donors (Lipinski definition) is 1. The summed E-state index contributed by atoms with van der Waals surface area (Å²) >= 11 is 6.07. The van der Waals surface area contributed by atoms with Gasteiger partial charge in [0.25, 0.3) is 0 Å². The molecule has 1 saturated heterocycles. The van der Waals surface area contributed by atoms with E-state index in [1.165, 1.54) is 29.2 Å². The van der Waals surface area contributed by atoms with Crippen LogP contribution in [0.3, 0.4) is 0 Å². The maximum absolute atomic E-state index is 13.3. The fraction of sp³-hybridized carbons (Fsp3) is 0.440. The average Bonchev–Trinajstić information content (AvgIpc) is 3.26. The van der Waals surface area contributed by atoms with Crippen LogP contribution in [0.15, 0.2) is 48.5 Å². The van der Waals surface area contributed by atoms with Gasteiger partial charge in [0.05, 0.1) is 12.1 Å². The van der Waals surface area contributed by atoms with E-state index < -0.39 is 11.9 Å². The molecule has 0 spiro atoms. The van der Waals surface area contributed by atoms with Crippen molar-refractivity contribution < 1.29 is 23.8 Å². The van der Waals surface area contributed by atoms with E-state index in [0.29, 0.717) is 43.8 Å². The van der Waals surface area contributed by atoms with Crippen LogP contribution in [0.5, 0.6) is 5.75 Å². The molecule has 2 atom stereocenters. The second kappa shape index (κ2) is 10.1. The van der Waals surface area contributed by atoms with E-state index in [1.807, 2.05) is 17.0 Å². The molecule has 176 valence electrons. The highest BCUT2D eigenvalue weighted by molar-refractivity contribution is 6.30. The van der Waals surface area contributed by atoms with Crippen LogP contribution in [0.2, 0.25) is 5.02 Å². The molecular weight excluding hydrogens is 447 g/mol. The Bertz CT molecular complexity index is 977. The summed E-state index contributed by atoms with van der Waals surface area (Å²) in [4.78, 5) is 29.5. The lowest BCUT2D eigenvalue weighted by Crippen LogP contribution is -2.44. The Morgan fingerprint density at radius 3 is 2.30 bits per heavy atom. The van der Waals surface area contributed by atoms with Crippen LogP contribution in [0.4, 0.5) is 9.18 Å². The quantitative estimate of drug-likeness (QED) is 0.710. The minimum Gasteiger partial charge on any atom is -0.410 e. The predicted octanol–water partition coefficient (Wildman–Crippen LogP) is 4.46. The standard InChI is InChI=1S/C25H28ClFN2O4/c1-28(25(32)33-21-12-8-19(27)9-13-21)23-15-29(24(31)17-4-10-20(30)11-5-17)14-22(23)16-2-6-18(26)7-3-16/h2-3,6-9,12-13,17,20,22-23,30H,4-5,10-11,14-15H2,1H3/t17?,20?,22-,23+/m0/s1. The van der Waals surface area contributed by atoms with Gasteiger partial charge in [0.1, 0.15) is 11.6 Å². The monoisotopic (exact) mass is 474 g/mol. The summed E-state index contributed by atoms with van der Waals surface area (Å²) in [6.45, 7) is 0.874. The minimum absolute atomic E-state index is 0.0728. The maximum atomic E-state index is 13.3. The molecule has 2 aliphatic rings. The van der Waals surface area contributed by atoms with Gasteiger partial charge >= 0.3 is 6.09 Å². The molecular formula is C25H28ClFN2O4. The molecule has 8 heteroatoms. The van der Waals surface area contributed by atoms with Crippen LogP contribution < -0.4 is 4.74 Å². The van der Waals surface area contributed by atoms with Gasteiger partial charge in [-0.3, -0.25) is 4.79 Å². The molecule has 0 unspecified atom stereocenters. The maximum Gasteiger partial charge on any atom is 0.415 e. The van der Waals surface area contributed by atoms with Gasteiger partial charge in [-0.25, -0.2) is 9.18 Å². The number of nitrogens with zero attached hydrogens (tertiary/aromatic N) is 2. The van der Waals surface area contributed by atoms with Crippen LogP contribution in [0.25, 0.3) is 0 Å². The SMILES string of the molecule is CN(C(=O)Oc1ccc(F)cc1)[C@@H]1CN(C(=O)C2CCC(O)CC2)C[C@H]1c1ccc(Cl)cc1. The molecule has 0 aromatic heterocycles. The number of likely N-dealkylation sites (N-methyl/N-ethyl adjacent to an activating group) is 1. The number of halogens is 2. The van der Waals surface area contributed by atoms with Gasteiger partial charge in [0, 0.05) is 37.0 Å². The summed E-state index contributed by atoms with van der Waals surface area (Å²) in [5.41, 5.74) is 0.986. The van der Waals surface area contributed by atoms with Crippen molar-refractivity contribution in [1.29, 1.82) is 0 Å². The van der Waals surface area contributed by atoms with Crippen molar-refractivity contribution in [2.24, 2.45) is 5.92 Å². The number of aliphatic hydroxyl groups excluding tert-OH is 1. The molecule has 1 N–H and O–H groups in total. The van der Waals surface area contributed by atoms with Crippen molar-refractivity contribution in [2.75, 3.05) is 20.1 Å². The molecule has 33 heavy (non-hydrogen) atoms. The van der Waals surface area contributed by atoms with Gasteiger partial charge in [0.2, 0.25) is 5.91 Å². The number of carbonyl (C=O) groups is 2. The first-order valence-corrected chi connectivity index (χ1v) is 11.6. The summed E-state index contributed by atoms with van der Waals surface area (Å²) in [5, 5.41) is 10.4. The third-order valence-electron chi connectivity index (χ3n) is 6.75. The summed E-state index contributed by atoms with van der Waals surface area (Å²) in [7, 11) is 1.66. The van der Waals surface area contributed by atoms with Crippen LogP contribution >= 0.6 is 11.6 Å². The molecule has 2 aromatic carbocycles. The Balaban J connectivity index is 1.52. The van der Waals surface area contributed by atoms with E-state index >= 15 is 0 Å². The number of benzene rings is 2. The van der Waals surface area contributed by atoms with E-state index in [1.54, 1.807) is 19.2 Å². The number of rotatable bonds is 4. The van der Waals surface area contributed by atoms with Crippen molar-refractivity contribution in [3.63, 3.8) is 0 Å². The zero-order valence-corrected chi connectivity index (χ0v) is 19.2. The largest absolute Gasteiger partial charge is 0.415 e. The van der Waals surface area contributed by atoms with Crippen molar-refractivity contribution in [2.45, 2.75) is 43.7 Å². The first-order valence-electron chi connectivity index (χ1n) is 11.2. The molecule has 6 nitrogen and oxygen atoms in total. The van der Waals surface area contributed by atoms with Crippen LogP contribution in [-0.4, -0.2) is 59.2 Å². The number of amides is 2. The Morgan fingerprint density at radius 1 is 1.03 bits per heavy atom. The van der Waals surface area contributed by atoms with Crippen LogP contribution in [0.1, 0.15) is 37.2 Å². The number of aliphatic hydroxyl groups is 1. The van der Waals surface area contributed by atoms with Gasteiger partial charge in [-0.2, -0.15) is 0 Å². The molecule has 1 saturated carbocycles. The second-order valence-corrected chi connectivity index (χ2v) is 9.34. The first-order chi connectivity index (χ1) is 15.8. The van der Waals surface area contributed by atoms with E-state index in [-0.39, 0.29) is 35.6 Å². The van der Waals surface area contributed by atoms with Crippen molar-refractivity contribution in [3.8, 4) is 5.75 Å². The number of carbonyl (C=O) groups excluding carboxylic acids is 2. The normalized spacial score (nSPS) is 25.0. The fourth-order valence-corrected chi connectivity index (χ4v) is 4.91. The molecule has 2 fully saturated rings. The Labute approximate surface area is 197 Å². The van der Waals surface area contributed by atoms with Gasteiger partial charge in [0.15, 0.2) is 0 Å². The molecule has 2 amide bonds. The highest BCUT2D eigenvalue weighted by Gasteiger charge is 2.42. The van der Waals surface area contributed by atoms with E-state index in [0.717, 1.165) is 5.56 Å². The molecule has 4 rings (SSSR count). The zero-order chi connectivity index (χ0) is 23.5. The Morgan fingerprint density at radius 2 is 1.67 bits per heavy atom. The Kier molecular flexibility index (Phi) is 7.20. The molecule has 2 aromatic rings. The first kappa shape index (κ1) is 23.5. The van der Waals surface area contributed by atoms with Gasteiger partial charge < -0.3 is 19.6 Å². The average molecular weight is 475 g/mol. The van der Waals surface area contributed by atoms with E-state index in [2.05, 4.69) is 0 Å². The molecule has 1 aliphatic heterocycles. The summed E-state index contributed by atoms with van der Waals surface area (Å²) in [5.74, 6) is -0.293. The summed E-state index contributed by atoms with van der Waals surface area (Å²) in [6, 6.07) is 12.4. The van der Waals surface area contributed by atoms with Gasteiger partial charge in [-0.05, 0) is 67.6 Å². The highest BCUT2D eigenvalue weighted by Crippen LogP contribution is 2.35. The molecule has 0 radical (unpaired) electrons. The van der Waals surface area contributed by atoms with E-state index in [4.69, 9.17) is 16.3 Å². The lowest BCUT2D eigenvalue weighted by molar-refractivity contribution is -0.136. The zero-order valence-electron chi connectivity index (χ0n) is 18.5. The van der Waals surface area contributed by atoms with E-state index in [9.17, 15) is 19.1 Å². The molecule has 1 aliphatic carbocycles. The van der Waals surface area contributed by atoms with Crippen molar-refractivity contribution >= 4 is 23.6 Å². The van der Waals surface area contributed by atoms with Crippen LogP contribution in [-0.2, 0) is 4.79 Å². The van der Waals surface area contributed by atoms with Gasteiger partial charge in [-0.1, -0.05) is 23.7 Å². The summed E-state index contributed by atoms with van der Waals surface area (Å²) < 4.78 is 18.6. The number of likely N-dealkylation sites (tertiary alicyclic amines) is 1. The third-order valence-corrected chi connectivity index (χ3v) is 7.00. The van der Waals surface area contributed by atoms with Crippen molar-refractivity contribution in [1.82, 2.24) is 9.80 Å². The number of ether oxygens (including phenoxy) is 1. The lowest BCUT2D eigenvalue weighted by Gasteiger charge is -2.29. The Hall–Kier alpha value is -2.64. The summed E-state index contributed by atoms with van der Waals surface area (Å²) in [6.07, 6.45) is 1.73. The minimum atomic E-state index is -0.569. The predicted molar refractivity (Wildman–Crippen MR) is 123 cm³/mol. The lowest BCUT2D eigenvalue weighted by atomic mass is 9.86. The highest BCUT2D eigenvalue weighted by atomic mass is 35.5. The van der Waals surface area contributed by atoms with Crippen molar-refractivity contribution in [3.05, 3.63) is 64.9 Å². The van der Waals surface area contributed by atoms with Gasteiger partial charge in [-0.15, -0.1) is 0 Å². The molecule has 0 bridgehead atoms. The topological polar surface area (TPSA) is 70.1 Å². The van der Waals surface area contributed by atoms with Crippen LogP contribution in [0, 0.1) is 11.7 Å². The second-order valence-electron chi connectivity index (χ2n) is 8.91. The fourth-order valence-electron chi connectivity index (χ4n) is 4.79.